The van der Waals surface area contributed by atoms with Crippen LogP contribution in [0.1, 0.15) is 55.5 Å². The number of ether oxygens (including phenoxy) is 2. The number of rotatable bonds is 14. The Morgan fingerprint density at radius 3 is 2.16 bits per heavy atom. The SMILES string of the molecule is CCCCN(CCCC)CCOc1ccc(-c2sc3cc(O)ccc3c2C(=O)c2ccc(OC)cc2)cc1. The Balaban J connectivity index is 1.55. The molecule has 0 saturated heterocycles. The number of unbranched alkanes of at least 4 members (excludes halogenated alkanes) is 2. The van der Waals surface area contributed by atoms with Crippen molar-refractivity contribution >= 4 is 27.2 Å². The maximum absolute atomic E-state index is 13.7. The quantitative estimate of drug-likeness (QED) is 0.168. The molecule has 0 aliphatic rings. The fourth-order valence-electron chi connectivity index (χ4n) is 4.49. The molecule has 0 aliphatic carbocycles. The molecule has 5 nitrogen and oxygen atoms in total. The van der Waals surface area contributed by atoms with E-state index in [1.165, 1.54) is 37.0 Å². The van der Waals surface area contributed by atoms with Gasteiger partial charge in [0.25, 0.3) is 0 Å². The third-order valence-corrected chi connectivity index (χ3v) is 7.90. The number of aromatic hydroxyl groups is 1. The van der Waals surface area contributed by atoms with Crippen molar-refractivity contribution in [2.75, 3.05) is 33.4 Å². The summed E-state index contributed by atoms with van der Waals surface area (Å²) in [5, 5.41) is 10.9. The highest BCUT2D eigenvalue weighted by atomic mass is 32.1. The summed E-state index contributed by atoms with van der Waals surface area (Å²) in [6.45, 7) is 8.26. The Morgan fingerprint density at radius 1 is 0.868 bits per heavy atom. The lowest BCUT2D eigenvalue weighted by atomic mass is 9.97. The molecule has 0 bridgehead atoms. The molecule has 4 rings (SSSR count). The Bertz CT molecular complexity index is 1320. The largest absolute Gasteiger partial charge is 0.508 e. The fourth-order valence-corrected chi connectivity index (χ4v) is 5.73. The van der Waals surface area contributed by atoms with Gasteiger partial charge in [0.05, 0.1) is 7.11 Å². The van der Waals surface area contributed by atoms with E-state index in [0.717, 1.165) is 45.9 Å². The van der Waals surface area contributed by atoms with E-state index >= 15 is 0 Å². The first-order chi connectivity index (χ1) is 18.5. The molecular formula is C32H37NO4S. The molecule has 0 amide bonds. The number of methoxy groups -OCH3 is 1. The number of hydrogen-bond donors (Lipinski definition) is 1. The molecular weight excluding hydrogens is 494 g/mol. The van der Waals surface area contributed by atoms with Gasteiger partial charge in [0.2, 0.25) is 0 Å². The molecule has 0 atom stereocenters. The summed E-state index contributed by atoms with van der Waals surface area (Å²) in [7, 11) is 1.61. The monoisotopic (exact) mass is 531 g/mol. The van der Waals surface area contributed by atoms with Crippen LogP contribution in [0.25, 0.3) is 20.5 Å². The van der Waals surface area contributed by atoms with E-state index < -0.39 is 0 Å². The van der Waals surface area contributed by atoms with Crippen LogP contribution in [-0.2, 0) is 0 Å². The van der Waals surface area contributed by atoms with Crippen LogP contribution >= 0.6 is 11.3 Å². The van der Waals surface area contributed by atoms with E-state index in [4.69, 9.17) is 9.47 Å². The van der Waals surface area contributed by atoms with Gasteiger partial charge in [-0.3, -0.25) is 9.69 Å². The number of thiophene rings is 1. The Hall–Kier alpha value is -3.35. The van der Waals surface area contributed by atoms with Gasteiger partial charge in [-0.25, -0.2) is 0 Å². The van der Waals surface area contributed by atoms with E-state index in [2.05, 4.69) is 18.7 Å². The summed E-state index contributed by atoms with van der Waals surface area (Å²) in [6, 6.07) is 20.3. The van der Waals surface area contributed by atoms with Crippen molar-refractivity contribution in [3.05, 3.63) is 77.9 Å². The van der Waals surface area contributed by atoms with Gasteiger partial charge in [-0.05, 0) is 98.2 Å². The maximum Gasteiger partial charge on any atom is 0.195 e. The Morgan fingerprint density at radius 2 is 1.53 bits per heavy atom. The topological polar surface area (TPSA) is 59.0 Å². The van der Waals surface area contributed by atoms with Gasteiger partial charge in [-0.2, -0.15) is 0 Å². The first-order valence-corrected chi connectivity index (χ1v) is 14.3. The molecule has 0 unspecified atom stereocenters. The first kappa shape index (κ1) is 27.7. The highest BCUT2D eigenvalue weighted by Gasteiger charge is 2.22. The summed E-state index contributed by atoms with van der Waals surface area (Å²) < 4.78 is 12.2. The molecule has 1 N–H and O–H groups in total. The van der Waals surface area contributed by atoms with Crippen molar-refractivity contribution in [3.8, 4) is 27.7 Å². The second-order valence-corrected chi connectivity index (χ2v) is 10.5. The second kappa shape index (κ2) is 13.4. The van der Waals surface area contributed by atoms with Crippen LogP contribution in [0, 0.1) is 0 Å². The molecule has 200 valence electrons. The molecule has 0 aliphatic heterocycles. The van der Waals surface area contributed by atoms with Gasteiger partial charge < -0.3 is 14.6 Å². The first-order valence-electron chi connectivity index (χ1n) is 13.4. The second-order valence-electron chi connectivity index (χ2n) is 9.47. The lowest BCUT2D eigenvalue weighted by Crippen LogP contribution is -2.30. The average molecular weight is 532 g/mol. The van der Waals surface area contributed by atoms with Crippen molar-refractivity contribution in [2.24, 2.45) is 0 Å². The predicted molar refractivity (Wildman–Crippen MR) is 157 cm³/mol. The zero-order chi connectivity index (χ0) is 26.9. The fraction of sp³-hybridized carbons (Fsp3) is 0.344. The number of carbonyl (C=O) groups excluding carboxylic acids is 1. The van der Waals surface area contributed by atoms with Crippen LogP contribution in [0.3, 0.4) is 0 Å². The van der Waals surface area contributed by atoms with E-state index in [0.29, 0.717) is 23.5 Å². The zero-order valence-electron chi connectivity index (χ0n) is 22.5. The molecule has 0 spiro atoms. The van der Waals surface area contributed by atoms with Crippen LogP contribution in [0.5, 0.6) is 17.2 Å². The summed E-state index contributed by atoms with van der Waals surface area (Å²) in [6.07, 6.45) is 4.82. The molecule has 4 aromatic rings. The van der Waals surface area contributed by atoms with Crippen molar-refractivity contribution in [3.63, 3.8) is 0 Å². The van der Waals surface area contributed by atoms with Gasteiger partial charge in [0.1, 0.15) is 23.9 Å². The van der Waals surface area contributed by atoms with Crippen LogP contribution in [0.2, 0.25) is 0 Å². The number of phenolic OH excluding ortho intramolecular Hbond substituents is 1. The van der Waals surface area contributed by atoms with E-state index in [9.17, 15) is 9.90 Å². The minimum absolute atomic E-state index is 0.0563. The van der Waals surface area contributed by atoms with E-state index in [-0.39, 0.29) is 11.5 Å². The standard InChI is InChI=1S/C32H37NO4S/c1-4-6-18-33(19-7-5-2)20-21-37-27-15-10-24(11-16-27)32-30(28-17-12-25(34)22-29(28)38-32)31(35)23-8-13-26(36-3)14-9-23/h8-17,22,34H,4-7,18-21H2,1-3H3. The number of carbonyl (C=O) groups is 1. The van der Waals surface area contributed by atoms with Crippen LogP contribution in [0.4, 0.5) is 0 Å². The third kappa shape index (κ3) is 6.74. The number of hydrogen-bond acceptors (Lipinski definition) is 6. The lowest BCUT2D eigenvalue weighted by Gasteiger charge is -2.22. The molecule has 0 saturated carbocycles. The number of fused-ring (bicyclic) bond motifs is 1. The highest BCUT2D eigenvalue weighted by molar-refractivity contribution is 7.22. The highest BCUT2D eigenvalue weighted by Crippen LogP contribution is 2.41. The predicted octanol–water partition coefficient (Wildman–Crippen LogP) is 7.79. The number of nitrogens with zero attached hydrogens (tertiary/aromatic N) is 1. The Kier molecular flexibility index (Phi) is 9.79. The van der Waals surface area contributed by atoms with Crippen molar-refractivity contribution < 1.29 is 19.4 Å². The summed E-state index contributed by atoms with van der Waals surface area (Å²) in [5.74, 6) is 1.65. The van der Waals surface area contributed by atoms with Crippen molar-refractivity contribution in [2.45, 2.75) is 39.5 Å². The number of ketones is 1. The lowest BCUT2D eigenvalue weighted by molar-refractivity contribution is 0.104. The van der Waals surface area contributed by atoms with Gasteiger partial charge in [-0.1, -0.05) is 26.7 Å². The van der Waals surface area contributed by atoms with Crippen LogP contribution < -0.4 is 9.47 Å². The minimum atomic E-state index is -0.0563. The smallest absolute Gasteiger partial charge is 0.195 e. The summed E-state index contributed by atoms with van der Waals surface area (Å²) in [4.78, 5) is 17.1. The number of benzene rings is 3. The number of phenols is 1. The van der Waals surface area contributed by atoms with Crippen LogP contribution in [-0.4, -0.2) is 49.1 Å². The van der Waals surface area contributed by atoms with E-state index in [1.807, 2.05) is 30.3 Å². The van der Waals surface area contributed by atoms with Gasteiger partial charge in [0.15, 0.2) is 5.78 Å². The average Bonchev–Trinajstić information content (AvgIpc) is 3.32. The molecule has 0 radical (unpaired) electrons. The van der Waals surface area contributed by atoms with Crippen molar-refractivity contribution in [1.82, 2.24) is 4.90 Å². The molecule has 1 aromatic heterocycles. The van der Waals surface area contributed by atoms with E-state index in [1.54, 1.807) is 43.5 Å². The third-order valence-electron chi connectivity index (χ3n) is 6.70. The molecule has 6 heteroatoms. The summed E-state index contributed by atoms with van der Waals surface area (Å²) in [5.41, 5.74) is 2.18. The van der Waals surface area contributed by atoms with Gasteiger partial charge in [0, 0.05) is 32.6 Å². The molecule has 38 heavy (non-hydrogen) atoms. The van der Waals surface area contributed by atoms with Gasteiger partial charge >= 0.3 is 0 Å². The normalized spacial score (nSPS) is 11.3. The minimum Gasteiger partial charge on any atom is -0.508 e. The molecule has 3 aromatic carbocycles. The Labute approximate surface area is 229 Å². The van der Waals surface area contributed by atoms with Crippen LogP contribution in [0.15, 0.2) is 66.7 Å². The van der Waals surface area contributed by atoms with Gasteiger partial charge in [-0.15, -0.1) is 11.3 Å². The van der Waals surface area contributed by atoms with Crippen molar-refractivity contribution in [1.29, 1.82) is 0 Å². The maximum atomic E-state index is 13.7. The molecule has 0 fully saturated rings. The molecule has 1 heterocycles. The zero-order valence-corrected chi connectivity index (χ0v) is 23.4. The summed E-state index contributed by atoms with van der Waals surface area (Å²) >= 11 is 1.51.